The molecule has 2 aromatic carbocycles. The fourth-order valence-corrected chi connectivity index (χ4v) is 2.02. The minimum Gasteiger partial charge on any atom is -0.488 e. The van der Waals surface area contributed by atoms with Crippen molar-refractivity contribution in [3.8, 4) is 5.75 Å². The van der Waals surface area contributed by atoms with Crippen molar-refractivity contribution in [2.24, 2.45) is 0 Å². The highest BCUT2D eigenvalue weighted by Crippen LogP contribution is 2.23. The van der Waals surface area contributed by atoms with Crippen LogP contribution in [-0.2, 0) is 16.0 Å². The second kappa shape index (κ2) is 7.70. The Hall–Kier alpha value is -2.00. The van der Waals surface area contributed by atoms with E-state index in [1.807, 2.05) is 42.5 Å². The molecule has 1 atom stereocenters. The molecular weight excluding hydrogens is 288 g/mol. The van der Waals surface area contributed by atoms with E-state index in [0.29, 0.717) is 10.8 Å². The maximum Gasteiger partial charge on any atom is 0.310 e. The molecule has 0 aliphatic heterocycles. The Morgan fingerprint density at radius 1 is 1.10 bits per heavy atom. The lowest BCUT2D eigenvalue weighted by molar-refractivity contribution is -0.148. The number of carbonyl (C=O) groups is 1. The van der Waals surface area contributed by atoms with Gasteiger partial charge in [0.2, 0.25) is 0 Å². The summed E-state index contributed by atoms with van der Waals surface area (Å²) in [7, 11) is 0. The number of hydrogen-bond donors (Lipinski definition) is 0. The number of esters is 1. The van der Waals surface area contributed by atoms with Gasteiger partial charge in [0.05, 0.1) is 11.4 Å². The monoisotopic (exact) mass is 304 g/mol. The Labute approximate surface area is 129 Å². The highest BCUT2D eigenvalue weighted by atomic mass is 35.5. The summed E-state index contributed by atoms with van der Waals surface area (Å²) >= 11 is 5.99. The molecule has 0 saturated carbocycles. The van der Waals surface area contributed by atoms with Crippen LogP contribution in [0.5, 0.6) is 5.75 Å². The average molecular weight is 305 g/mol. The van der Waals surface area contributed by atoms with Crippen LogP contribution in [-0.4, -0.2) is 18.7 Å². The molecule has 0 bridgehead atoms. The van der Waals surface area contributed by atoms with Gasteiger partial charge in [-0.25, -0.2) is 0 Å². The molecule has 0 aromatic heterocycles. The van der Waals surface area contributed by atoms with Gasteiger partial charge in [-0.3, -0.25) is 4.79 Å². The highest BCUT2D eigenvalue weighted by Gasteiger charge is 2.11. The van der Waals surface area contributed by atoms with Crippen molar-refractivity contribution in [3.63, 3.8) is 0 Å². The zero-order valence-electron chi connectivity index (χ0n) is 11.8. The smallest absolute Gasteiger partial charge is 0.310 e. The number of rotatable bonds is 6. The van der Waals surface area contributed by atoms with Crippen LogP contribution in [0.1, 0.15) is 12.5 Å². The third kappa shape index (κ3) is 5.12. The molecule has 21 heavy (non-hydrogen) atoms. The van der Waals surface area contributed by atoms with Crippen molar-refractivity contribution in [1.82, 2.24) is 0 Å². The number of para-hydroxylation sites is 1. The molecular formula is C17H17ClO3. The van der Waals surface area contributed by atoms with Crippen molar-refractivity contribution in [1.29, 1.82) is 0 Å². The fourth-order valence-electron chi connectivity index (χ4n) is 1.83. The summed E-state index contributed by atoms with van der Waals surface area (Å²) < 4.78 is 10.8. The Bertz CT molecular complexity index is 584. The zero-order valence-corrected chi connectivity index (χ0v) is 12.5. The first-order valence-corrected chi connectivity index (χ1v) is 7.13. The molecule has 4 heteroatoms. The topological polar surface area (TPSA) is 35.5 Å². The molecule has 0 fully saturated rings. The summed E-state index contributed by atoms with van der Waals surface area (Å²) in [5.74, 6) is 0.321. The molecule has 0 radical (unpaired) electrons. The maximum absolute atomic E-state index is 11.8. The van der Waals surface area contributed by atoms with Crippen molar-refractivity contribution in [2.75, 3.05) is 6.61 Å². The van der Waals surface area contributed by atoms with E-state index in [2.05, 4.69) is 0 Å². The lowest BCUT2D eigenvalue weighted by Gasteiger charge is -2.15. The van der Waals surface area contributed by atoms with E-state index in [4.69, 9.17) is 21.1 Å². The molecule has 0 amide bonds. The Kier molecular flexibility index (Phi) is 5.64. The normalized spacial score (nSPS) is 11.7. The summed E-state index contributed by atoms with van der Waals surface area (Å²) in [6.07, 6.45) is -0.0745. The van der Waals surface area contributed by atoms with Crippen molar-refractivity contribution in [3.05, 3.63) is 65.2 Å². The molecule has 0 spiro atoms. The lowest BCUT2D eigenvalue weighted by atomic mass is 10.1. The van der Waals surface area contributed by atoms with E-state index in [-0.39, 0.29) is 25.1 Å². The number of carbonyl (C=O) groups excluding carboxylic acids is 1. The van der Waals surface area contributed by atoms with Crippen molar-refractivity contribution in [2.45, 2.75) is 19.4 Å². The molecule has 3 nitrogen and oxygen atoms in total. The standard InChI is InChI=1S/C17H17ClO3/c1-13(12-20-16-10-6-5-9-15(16)18)21-17(19)11-14-7-3-2-4-8-14/h2-10,13H,11-12H2,1H3/t13-/m0/s1. The Balaban J connectivity index is 1.78. The van der Waals surface area contributed by atoms with Gasteiger partial charge in [0.1, 0.15) is 18.5 Å². The largest absolute Gasteiger partial charge is 0.488 e. The summed E-state index contributed by atoms with van der Waals surface area (Å²) in [6.45, 7) is 2.06. The zero-order chi connectivity index (χ0) is 15.1. The summed E-state index contributed by atoms with van der Waals surface area (Å²) in [5.41, 5.74) is 0.932. The van der Waals surface area contributed by atoms with Crippen LogP contribution >= 0.6 is 11.6 Å². The van der Waals surface area contributed by atoms with E-state index in [9.17, 15) is 4.79 Å². The van der Waals surface area contributed by atoms with Gasteiger partial charge in [0, 0.05) is 0 Å². The van der Waals surface area contributed by atoms with Gasteiger partial charge in [-0.2, -0.15) is 0 Å². The number of ether oxygens (including phenoxy) is 2. The SMILES string of the molecule is C[C@@H](COc1ccccc1Cl)OC(=O)Cc1ccccc1. The lowest BCUT2D eigenvalue weighted by Crippen LogP contribution is -2.23. The van der Waals surface area contributed by atoms with Gasteiger partial charge in [-0.15, -0.1) is 0 Å². The molecule has 0 aliphatic rings. The van der Waals surface area contributed by atoms with Crippen LogP contribution in [0.3, 0.4) is 0 Å². The van der Waals surface area contributed by atoms with Gasteiger partial charge >= 0.3 is 5.97 Å². The van der Waals surface area contributed by atoms with Crippen molar-refractivity contribution >= 4 is 17.6 Å². The van der Waals surface area contributed by atoms with Gasteiger partial charge < -0.3 is 9.47 Å². The van der Waals surface area contributed by atoms with Gasteiger partial charge in [0.15, 0.2) is 0 Å². The minimum atomic E-state index is -0.336. The predicted molar refractivity (Wildman–Crippen MR) is 82.6 cm³/mol. The number of benzene rings is 2. The molecule has 0 saturated heterocycles. The van der Waals surface area contributed by atoms with E-state index in [0.717, 1.165) is 5.56 Å². The van der Waals surface area contributed by atoms with Crippen LogP contribution in [0.15, 0.2) is 54.6 Å². The van der Waals surface area contributed by atoms with E-state index in [1.165, 1.54) is 0 Å². The molecule has 2 rings (SSSR count). The minimum absolute atomic E-state index is 0.261. The number of halogens is 1. The number of hydrogen-bond acceptors (Lipinski definition) is 3. The molecule has 0 N–H and O–H groups in total. The molecule has 2 aromatic rings. The summed E-state index contributed by atoms with van der Waals surface area (Å²) in [4.78, 5) is 11.8. The Morgan fingerprint density at radius 2 is 1.76 bits per heavy atom. The van der Waals surface area contributed by atoms with Crippen LogP contribution in [0.2, 0.25) is 5.02 Å². The van der Waals surface area contributed by atoms with Crippen molar-refractivity contribution < 1.29 is 14.3 Å². The molecule has 110 valence electrons. The average Bonchev–Trinajstić information content (AvgIpc) is 2.47. The first kappa shape index (κ1) is 15.4. The second-order valence-electron chi connectivity index (χ2n) is 4.70. The van der Waals surface area contributed by atoms with E-state index < -0.39 is 0 Å². The summed E-state index contributed by atoms with van der Waals surface area (Å²) in [5, 5.41) is 0.542. The third-order valence-corrected chi connectivity index (χ3v) is 3.15. The first-order chi connectivity index (χ1) is 10.1. The van der Waals surface area contributed by atoms with E-state index in [1.54, 1.807) is 19.1 Å². The van der Waals surface area contributed by atoms with Gasteiger partial charge in [-0.1, -0.05) is 54.1 Å². The molecule has 0 heterocycles. The van der Waals surface area contributed by atoms with Crippen LogP contribution in [0, 0.1) is 0 Å². The summed E-state index contributed by atoms with van der Waals surface area (Å²) in [6, 6.07) is 16.7. The highest BCUT2D eigenvalue weighted by molar-refractivity contribution is 6.32. The Morgan fingerprint density at radius 3 is 2.48 bits per heavy atom. The fraction of sp³-hybridized carbons (Fsp3) is 0.235. The van der Waals surface area contributed by atoms with Gasteiger partial charge in [-0.05, 0) is 24.6 Å². The molecule has 0 aliphatic carbocycles. The maximum atomic E-state index is 11.8. The van der Waals surface area contributed by atoms with E-state index >= 15 is 0 Å². The third-order valence-electron chi connectivity index (χ3n) is 2.83. The van der Waals surface area contributed by atoms with Crippen LogP contribution < -0.4 is 4.74 Å². The quantitative estimate of drug-likeness (QED) is 0.759. The van der Waals surface area contributed by atoms with Gasteiger partial charge in [0.25, 0.3) is 0 Å². The first-order valence-electron chi connectivity index (χ1n) is 6.76. The molecule has 0 unspecified atom stereocenters. The van der Waals surface area contributed by atoms with Crippen LogP contribution in [0.4, 0.5) is 0 Å². The van der Waals surface area contributed by atoms with Crippen LogP contribution in [0.25, 0.3) is 0 Å². The predicted octanol–water partition coefficient (Wildman–Crippen LogP) is 3.89. The second-order valence-corrected chi connectivity index (χ2v) is 5.11.